The molecular formula is C4H9BFN. The summed E-state index contributed by atoms with van der Waals surface area (Å²) in [6.45, 7) is 0.862. The van der Waals surface area contributed by atoms with E-state index in [0.717, 1.165) is 19.4 Å². The van der Waals surface area contributed by atoms with Crippen LogP contribution in [0.25, 0.3) is 0 Å². The normalized spacial score (nSPS) is 22.7. The van der Waals surface area contributed by atoms with Gasteiger partial charge in [0.25, 0.3) is 0 Å². The molecule has 1 heterocycles. The van der Waals surface area contributed by atoms with E-state index in [1.807, 2.05) is 0 Å². The van der Waals surface area contributed by atoms with Gasteiger partial charge in [0.2, 0.25) is 0 Å². The first-order chi connectivity index (χ1) is 3.39. The second-order valence-corrected chi connectivity index (χ2v) is 1.92. The summed E-state index contributed by atoms with van der Waals surface area (Å²) in [5, 5.41) is 2.72. The van der Waals surface area contributed by atoms with Crippen molar-refractivity contribution in [3.63, 3.8) is 0 Å². The molecule has 0 atom stereocenters. The van der Waals surface area contributed by atoms with Gasteiger partial charge in [-0.3, -0.25) is 0 Å². The first-order valence-corrected chi connectivity index (χ1v) is 2.77. The maximum Gasteiger partial charge on any atom is 0.428 e. The Hall–Kier alpha value is -0.0451. The maximum atomic E-state index is 12.1. The summed E-state index contributed by atoms with van der Waals surface area (Å²) in [7, 11) is -0.714. The average Bonchev–Trinajstić information content (AvgIpc) is 1.69. The molecule has 0 amide bonds. The smallest absolute Gasteiger partial charge is 0.327 e. The van der Waals surface area contributed by atoms with E-state index in [0.29, 0.717) is 6.32 Å². The lowest BCUT2D eigenvalue weighted by Crippen LogP contribution is -2.33. The van der Waals surface area contributed by atoms with E-state index in [-0.39, 0.29) is 0 Å². The van der Waals surface area contributed by atoms with Crippen LogP contribution in [0.3, 0.4) is 0 Å². The molecule has 7 heavy (non-hydrogen) atoms. The highest BCUT2D eigenvalue weighted by Crippen LogP contribution is 2.04. The van der Waals surface area contributed by atoms with Crippen LogP contribution in [0, 0.1) is 0 Å². The van der Waals surface area contributed by atoms with Gasteiger partial charge in [0.15, 0.2) is 0 Å². The summed E-state index contributed by atoms with van der Waals surface area (Å²) in [6.07, 6.45) is 2.90. The van der Waals surface area contributed by atoms with E-state index in [1.165, 1.54) is 0 Å². The van der Waals surface area contributed by atoms with Crippen molar-refractivity contribution in [1.29, 1.82) is 0 Å². The molecule has 0 aromatic carbocycles. The Morgan fingerprint density at radius 3 is 2.57 bits per heavy atom. The molecule has 1 aliphatic rings. The third-order valence-corrected chi connectivity index (χ3v) is 1.25. The van der Waals surface area contributed by atoms with Gasteiger partial charge in [0.05, 0.1) is 0 Å². The molecule has 1 N–H and O–H groups in total. The number of hydrogen-bond donors (Lipinski definition) is 1. The Kier molecular flexibility index (Phi) is 1.68. The zero-order valence-electron chi connectivity index (χ0n) is 4.28. The lowest BCUT2D eigenvalue weighted by molar-refractivity contribution is 0.639. The van der Waals surface area contributed by atoms with Crippen molar-refractivity contribution < 1.29 is 4.32 Å². The van der Waals surface area contributed by atoms with Crippen molar-refractivity contribution in [2.75, 3.05) is 6.54 Å². The molecular weight excluding hydrogens is 91.9 g/mol. The summed E-state index contributed by atoms with van der Waals surface area (Å²) < 4.78 is 12.1. The molecule has 0 aromatic heterocycles. The van der Waals surface area contributed by atoms with Crippen molar-refractivity contribution in [3.8, 4) is 0 Å². The molecule has 0 radical (unpaired) electrons. The van der Waals surface area contributed by atoms with Crippen LogP contribution < -0.4 is 5.23 Å². The Labute approximate surface area is 43.4 Å². The Morgan fingerprint density at radius 1 is 1.43 bits per heavy atom. The highest BCUT2D eigenvalue weighted by atomic mass is 19.1. The number of nitrogens with one attached hydrogen (secondary N) is 1. The van der Waals surface area contributed by atoms with Crippen LogP contribution in [0.4, 0.5) is 4.32 Å². The Balaban J connectivity index is 2.12. The molecule has 0 spiro atoms. The first kappa shape index (κ1) is 5.10. The summed E-state index contributed by atoms with van der Waals surface area (Å²) in [4.78, 5) is 0. The fourth-order valence-electron chi connectivity index (χ4n) is 0.809. The quantitative estimate of drug-likeness (QED) is 0.445. The Bertz CT molecular complexity index is 53.7. The van der Waals surface area contributed by atoms with Gasteiger partial charge in [-0.05, 0) is 19.3 Å². The van der Waals surface area contributed by atoms with Crippen LogP contribution in [0.15, 0.2) is 0 Å². The monoisotopic (exact) mass is 101 g/mol. The SMILES string of the molecule is FB1CCCCN1. The average molecular weight is 101 g/mol. The van der Waals surface area contributed by atoms with E-state index in [9.17, 15) is 4.32 Å². The van der Waals surface area contributed by atoms with E-state index >= 15 is 0 Å². The molecule has 1 saturated heterocycles. The molecule has 1 rings (SSSR count). The van der Waals surface area contributed by atoms with E-state index in [4.69, 9.17) is 0 Å². The lowest BCUT2D eigenvalue weighted by atomic mass is 9.77. The van der Waals surface area contributed by atoms with Crippen LogP contribution in [0.1, 0.15) is 12.8 Å². The summed E-state index contributed by atoms with van der Waals surface area (Å²) in [5.74, 6) is 0. The molecule has 0 saturated carbocycles. The van der Waals surface area contributed by atoms with Gasteiger partial charge in [-0.1, -0.05) is 6.42 Å². The topological polar surface area (TPSA) is 12.0 Å². The minimum Gasteiger partial charge on any atom is -0.327 e. The third-order valence-electron chi connectivity index (χ3n) is 1.25. The van der Waals surface area contributed by atoms with E-state index < -0.39 is 7.12 Å². The summed E-state index contributed by atoms with van der Waals surface area (Å²) in [6, 6.07) is 0. The van der Waals surface area contributed by atoms with Crippen LogP contribution in [0.2, 0.25) is 6.32 Å². The number of halogens is 1. The minimum atomic E-state index is -0.714. The fourth-order valence-corrected chi connectivity index (χ4v) is 0.809. The zero-order chi connectivity index (χ0) is 5.11. The van der Waals surface area contributed by atoms with Crippen molar-refractivity contribution in [2.24, 2.45) is 0 Å². The molecule has 0 aromatic rings. The molecule has 1 aliphatic heterocycles. The van der Waals surface area contributed by atoms with Crippen molar-refractivity contribution in [3.05, 3.63) is 0 Å². The van der Waals surface area contributed by atoms with Gasteiger partial charge in [0.1, 0.15) is 0 Å². The molecule has 0 bridgehead atoms. The molecule has 3 heteroatoms. The summed E-state index contributed by atoms with van der Waals surface area (Å²) >= 11 is 0. The van der Waals surface area contributed by atoms with E-state index in [2.05, 4.69) is 5.23 Å². The van der Waals surface area contributed by atoms with Gasteiger partial charge in [-0.25, -0.2) is 0 Å². The maximum absolute atomic E-state index is 12.1. The zero-order valence-corrected chi connectivity index (χ0v) is 4.28. The standard InChI is InChI=1S/C4H9BFN/c6-5-3-1-2-4-7-5/h7H,1-4H2. The van der Waals surface area contributed by atoms with Gasteiger partial charge < -0.3 is 9.54 Å². The van der Waals surface area contributed by atoms with Crippen molar-refractivity contribution >= 4 is 7.12 Å². The highest BCUT2D eigenvalue weighted by molar-refractivity contribution is 6.48. The van der Waals surface area contributed by atoms with E-state index in [1.54, 1.807) is 0 Å². The minimum absolute atomic E-state index is 0.708. The fraction of sp³-hybridized carbons (Fsp3) is 1.00. The van der Waals surface area contributed by atoms with Gasteiger partial charge in [-0.2, -0.15) is 0 Å². The third kappa shape index (κ3) is 1.47. The molecule has 40 valence electrons. The van der Waals surface area contributed by atoms with Crippen LogP contribution in [-0.4, -0.2) is 13.7 Å². The number of hydrogen-bond acceptors (Lipinski definition) is 1. The van der Waals surface area contributed by atoms with Gasteiger partial charge in [-0.15, -0.1) is 0 Å². The van der Waals surface area contributed by atoms with Gasteiger partial charge >= 0.3 is 7.12 Å². The van der Waals surface area contributed by atoms with Crippen molar-refractivity contribution in [1.82, 2.24) is 5.23 Å². The predicted octanol–water partition coefficient (Wildman–Crippen LogP) is 0.827. The predicted molar refractivity (Wildman–Crippen MR) is 28.9 cm³/mol. The first-order valence-electron chi connectivity index (χ1n) is 2.77. The largest absolute Gasteiger partial charge is 0.428 e. The molecule has 1 fully saturated rings. The Morgan fingerprint density at radius 2 is 2.29 bits per heavy atom. The second kappa shape index (κ2) is 2.31. The van der Waals surface area contributed by atoms with Crippen LogP contribution in [0.5, 0.6) is 0 Å². The van der Waals surface area contributed by atoms with Gasteiger partial charge in [0, 0.05) is 0 Å². The van der Waals surface area contributed by atoms with Crippen molar-refractivity contribution in [2.45, 2.75) is 19.2 Å². The highest BCUT2D eigenvalue weighted by Gasteiger charge is 2.15. The van der Waals surface area contributed by atoms with Crippen LogP contribution in [-0.2, 0) is 0 Å². The second-order valence-electron chi connectivity index (χ2n) is 1.92. The van der Waals surface area contributed by atoms with Crippen LogP contribution >= 0.6 is 0 Å². The number of rotatable bonds is 0. The molecule has 1 nitrogen and oxygen atoms in total. The lowest BCUT2D eigenvalue weighted by Gasteiger charge is -2.11. The molecule has 0 unspecified atom stereocenters. The summed E-state index contributed by atoms with van der Waals surface area (Å²) in [5.41, 5.74) is 0. The molecule has 0 aliphatic carbocycles.